The minimum atomic E-state index is -0.217. The zero-order valence-electron chi connectivity index (χ0n) is 19.8. The summed E-state index contributed by atoms with van der Waals surface area (Å²) in [5, 5.41) is 9.14. The number of methoxy groups -OCH3 is 2. The second-order valence-corrected chi connectivity index (χ2v) is 9.13. The molecule has 0 saturated carbocycles. The van der Waals surface area contributed by atoms with E-state index in [0.717, 1.165) is 23.1 Å². The Bertz CT molecular complexity index is 1320. The third-order valence-corrected chi connectivity index (χ3v) is 7.22. The molecule has 0 N–H and O–H groups in total. The van der Waals surface area contributed by atoms with Gasteiger partial charge in [-0.25, -0.2) is 0 Å². The highest BCUT2D eigenvalue weighted by molar-refractivity contribution is 7.99. The van der Waals surface area contributed by atoms with Gasteiger partial charge in [-0.3, -0.25) is 4.79 Å². The lowest BCUT2D eigenvalue weighted by Gasteiger charge is -2.38. The van der Waals surface area contributed by atoms with Crippen molar-refractivity contribution in [2.24, 2.45) is 7.05 Å². The molecule has 0 saturated heterocycles. The predicted molar refractivity (Wildman–Crippen MR) is 133 cm³/mol. The molecule has 8 nitrogen and oxygen atoms in total. The smallest absolute Gasteiger partial charge is 0.233 e. The third kappa shape index (κ3) is 4.39. The van der Waals surface area contributed by atoms with Crippen molar-refractivity contribution in [3.05, 3.63) is 77.6 Å². The largest absolute Gasteiger partial charge is 0.493 e. The van der Waals surface area contributed by atoms with E-state index >= 15 is 0 Å². The molecule has 3 heterocycles. The first-order valence-electron chi connectivity index (χ1n) is 11.3. The van der Waals surface area contributed by atoms with E-state index < -0.39 is 0 Å². The quantitative estimate of drug-likeness (QED) is 0.356. The minimum absolute atomic E-state index is 0.0341. The Balaban J connectivity index is 1.42. The molecule has 5 rings (SSSR count). The Hall–Kier alpha value is -3.72. The fourth-order valence-corrected chi connectivity index (χ4v) is 5.28. The molecule has 180 valence electrons. The van der Waals surface area contributed by atoms with Gasteiger partial charge < -0.3 is 23.4 Å². The zero-order chi connectivity index (χ0) is 24.4. The first kappa shape index (κ1) is 23.0. The van der Waals surface area contributed by atoms with Crippen molar-refractivity contribution in [3.63, 3.8) is 0 Å². The molecule has 9 heteroatoms. The monoisotopic (exact) mass is 490 g/mol. The average Bonchev–Trinajstić information content (AvgIpc) is 3.55. The van der Waals surface area contributed by atoms with Crippen LogP contribution < -0.4 is 9.47 Å². The van der Waals surface area contributed by atoms with Crippen LogP contribution >= 0.6 is 11.8 Å². The van der Waals surface area contributed by atoms with Gasteiger partial charge in [-0.05, 0) is 47.4 Å². The highest BCUT2D eigenvalue weighted by Gasteiger charge is 2.33. The van der Waals surface area contributed by atoms with Crippen molar-refractivity contribution in [1.82, 2.24) is 19.7 Å². The van der Waals surface area contributed by atoms with Crippen LogP contribution in [0.2, 0.25) is 0 Å². The second kappa shape index (κ2) is 9.87. The Kier molecular flexibility index (Phi) is 6.50. The molecule has 1 amide bonds. The maximum Gasteiger partial charge on any atom is 0.233 e. The molecular formula is C26H26N4O4S. The van der Waals surface area contributed by atoms with Crippen molar-refractivity contribution in [1.29, 1.82) is 0 Å². The van der Waals surface area contributed by atoms with Gasteiger partial charge in [0.15, 0.2) is 28.2 Å². The number of furan rings is 1. The lowest BCUT2D eigenvalue weighted by atomic mass is 9.87. The molecule has 35 heavy (non-hydrogen) atoms. The summed E-state index contributed by atoms with van der Waals surface area (Å²) in [6, 6.07) is 17.5. The number of thioether (sulfide) groups is 1. The Morgan fingerprint density at radius 2 is 1.86 bits per heavy atom. The fourth-order valence-electron chi connectivity index (χ4n) is 4.48. The number of benzene rings is 2. The van der Waals surface area contributed by atoms with E-state index in [2.05, 4.69) is 22.3 Å². The topological polar surface area (TPSA) is 82.6 Å². The summed E-state index contributed by atoms with van der Waals surface area (Å²) in [6.07, 6.45) is 2.34. The summed E-state index contributed by atoms with van der Waals surface area (Å²) in [5.41, 5.74) is 3.26. The first-order valence-corrected chi connectivity index (χ1v) is 12.2. The number of nitrogens with zero attached hydrogens (tertiary/aromatic N) is 4. The van der Waals surface area contributed by atoms with E-state index in [9.17, 15) is 4.79 Å². The molecular weight excluding hydrogens is 464 g/mol. The molecule has 1 aliphatic rings. The molecule has 0 fully saturated rings. The normalized spacial score (nSPS) is 15.1. The summed E-state index contributed by atoms with van der Waals surface area (Å²) in [5.74, 6) is 2.89. The summed E-state index contributed by atoms with van der Waals surface area (Å²) < 4.78 is 18.4. The van der Waals surface area contributed by atoms with E-state index in [1.807, 2.05) is 59.0 Å². The van der Waals surface area contributed by atoms with E-state index in [1.54, 1.807) is 20.5 Å². The van der Waals surface area contributed by atoms with Crippen LogP contribution in [0.15, 0.2) is 70.4 Å². The molecule has 4 aromatic rings. The number of ether oxygens (including phenoxy) is 2. The van der Waals surface area contributed by atoms with Crippen molar-refractivity contribution in [3.8, 4) is 23.1 Å². The van der Waals surface area contributed by atoms with Gasteiger partial charge in [0.1, 0.15) is 0 Å². The van der Waals surface area contributed by atoms with E-state index in [1.165, 1.54) is 11.8 Å². The maximum absolute atomic E-state index is 13.6. The number of aromatic nitrogens is 3. The molecule has 2 aromatic carbocycles. The van der Waals surface area contributed by atoms with Gasteiger partial charge in [0.25, 0.3) is 0 Å². The number of amides is 1. The van der Waals surface area contributed by atoms with E-state index in [-0.39, 0.29) is 17.7 Å². The number of rotatable bonds is 7. The second-order valence-electron chi connectivity index (χ2n) is 8.19. The summed E-state index contributed by atoms with van der Waals surface area (Å²) in [4.78, 5) is 15.5. The van der Waals surface area contributed by atoms with Gasteiger partial charge in [-0.1, -0.05) is 42.1 Å². The molecule has 0 aliphatic carbocycles. The average molecular weight is 491 g/mol. The summed E-state index contributed by atoms with van der Waals surface area (Å²) >= 11 is 1.37. The van der Waals surface area contributed by atoms with Crippen molar-refractivity contribution in [2.75, 3.05) is 26.5 Å². The summed E-state index contributed by atoms with van der Waals surface area (Å²) in [7, 11) is 5.13. The van der Waals surface area contributed by atoms with E-state index in [4.69, 9.17) is 13.9 Å². The predicted octanol–water partition coefficient (Wildman–Crippen LogP) is 4.36. The number of hydrogen-bond donors (Lipinski definition) is 0. The molecule has 0 radical (unpaired) electrons. The van der Waals surface area contributed by atoms with E-state index in [0.29, 0.717) is 34.8 Å². The lowest BCUT2D eigenvalue weighted by Crippen LogP contribution is -2.41. The van der Waals surface area contributed by atoms with Crippen molar-refractivity contribution in [2.45, 2.75) is 17.6 Å². The minimum Gasteiger partial charge on any atom is -0.493 e. The Morgan fingerprint density at radius 3 is 2.57 bits per heavy atom. The molecule has 1 aliphatic heterocycles. The highest BCUT2D eigenvalue weighted by atomic mass is 32.2. The molecule has 2 aromatic heterocycles. The third-order valence-electron chi connectivity index (χ3n) is 6.21. The van der Waals surface area contributed by atoms with Gasteiger partial charge in [-0.2, -0.15) is 0 Å². The van der Waals surface area contributed by atoms with Crippen LogP contribution in [0.3, 0.4) is 0 Å². The SMILES string of the molecule is COc1cc2c(cc1OC)[C@H](c1ccccc1)N(C(=O)CSc1nnc(-c3ccco3)n1C)CC2. The van der Waals surface area contributed by atoms with Gasteiger partial charge in [-0.15, -0.1) is 10.2 Å². The van der Waals surface area contributed by atoms with Crippen LogP contribution in [0.4, 0.5) is 0 Å². The van der Waals surface area contributed by atoms with Gasteiger partial charge in [0, 0.05) is 13.6 Å². The molecule has 0 unspecified atom stereocenters. The fraction of sp³-hybridized carbons (Fsp3) is 0.269. The molecule has 1 atom stereocenters. The highest BCUT2D eigenvalue weighted by Crippen LogP contribution is 2.41. The van der Waals surface area contributed by atoms with Gasteiger partial charge in [0.2, 0.25) is 5.91 Å². The number of carbonyl (C=O) groups is 1. The molecule has 0 bridgehead atoms. The van der Waals surface area contributed by atoms with Crippen LogP contribution in [0, 0.1) is 0 Å². The van der Waals surface area contributed by atoms with Gasteiger partial charge in [0.05, 0.1) is 32.3 Å². The summed E-state index contributed by atoms with van der Waals surface area (Å²) in [6.45, 7) is 0.609. The Morgan fingerprint density at radius 1 is 1.09 bits per heavy atom. The Labute approximate surface area is 207 Å². The van der Waals surface area contributed by atoms with Crippen LogP contribution in [0.25, 0.3) is 11.6 Å². The van der Waals surface area contributed by atoms with Crippen LogP contribution in [0.1, 0.15) is 22.7 Å². The van der Waals surface area contributed by atoms with Crippen LogP contribution in [0.5, 0.6) is 11.5 Å². The maximum atomic E-state index is 13.6. The molecule has 0 spiro atoms. The number of hydrogen-bond acceptors (Lipinski definition) is 7. The van der Waals surface area contributed by atoms with Crippen LogP contribution in [-0.4, -0.2) is 52.1 Å². The lowest BCUT2D eigenvalue weighted by molar-refractivity contribution is -0.130. The van der Waals surface area contributed by atoms with Gasteiger partial charge >= 0.3 is 0 Å². The van der Waals surface area contributed by atoms with Crippen molar-refractivity contribution >= 4 is 17.7 Å². The zero-order valence-corrected chi connectivity index (χ0v) is 20.6. The van der Waals surface area contributed by atoms with Crippen LogP contribution in [-0.2, 0) is 18.3 Å². The van der Waals surface area contributed by atoms with Crippen molar-refractivity contribution < 1.29 is 18.7 Å². The number of carbonyl (C=O) groups excluding carboxylic acids is 1. The standard InChI is InChI=1S/C26H26N4O4S/c1-29-25(20-10-7-13-34-20)27-28-26(29)35-16-23(31)30-12-11-18-14-21(32-2)22(33-3)15-19(18)24(30)17-8-5-4-6-9-17/h4-10,13-15,24H,11-12,16H2,1-3H3/t24-/m0/s1. The first-order chi connectivity index (χ1) is 17.1. The number of fused-ring (bicyclic) bond motifs is 1.